The van der Waals surface area contributed by atoms with Gasteiger partial charge in [-0.1, -0.05) is 12.1 Å². The average molecular weight is 248 g/mol. The molecule has 2 rings (SSSR count). The van der Waals surface area contributed by atoms with E-state index in [9.17, 15) is 4.79 Å². The first kappa shape index (κ1) is 11.6. The zero-order valence-corrected chi connectivity index (χ0v) is 10.1. The normalized spacial score (nSPS) is 10.2. The Morgan fingerprint density at radius 2 is 2.18 bits per heavy atom. The molecule has 4 nitrogen and oxygen atoms in total. The number of thiocarbonyl (C=S) groups is 1. The lowest BCUT2D eigenvalue weighted by molar-refractivity contribution is 0.605. The largest absolute Gasteiger partial charge is 0.462 e. The van der Waals surface area contributed by atoms with Gasteiger partial charge < -0.3 is 15.1 Å². The first-order valence-electron chi connectivity index (χ1n) is 5.27. The Hall–Kier alpha value is -1.88. The molecule has 0 fully saturated rings. The summed E-state index contributed by atoms with van der Waals surface area (Å²) in [5.41, 5.74) is 0.791. The number of hydrogen-bond acceptors (Lipinski definition) is 3. The molecule has 0 atom stereocenters. The Labute approximate surface area is 104 Å². The van der Waals surface area contributed by atoms with Crippen LogP contribution < -0.4 is 16.1 Å². The highest BCUT2D eigenvalue weighted by Gasteiger charge is 2.06. The molecular weight excluding hydrogens is 236 g/mol. The van der Waals surface area contributed by atoms with E-state index in [-0.39, 0.29) is 5.43 Å². The Kier molecular flexibility index (Phi) is 3.39. The number of para-hydroxylation sites is 1. The van der Waals surface area contributed by atoms with Crippen LogP contribution in [0.3, 0.4) is 0 Å². The molecule has 0 radical (unpaired) electrons. The maximum absolute atomic E-state index is 12.1. The van der Waals surface area contributed by atoms with Crippen LogP contribution in [0.2, 0.25) is 0 Å². The molecule has 0 aliphatic heterocycles. The maximum Gasteiger partial charge on any atom is 0.216 e. The SMILES string of the molecule is CCNC(=S)Nc1coc2ccccc2c1=O. The van der Waals surface area contributed by atoms with E-state index >= 15 is 0 Å². The Morgan fingerprint density at radius 1 is 1.41 bits per heavy atom. The van der Waals surface area contributed by atoms with Crippen molar-refractivity contribution in [2.75, 3.05) is 11.9 Å². The zero-order chi connectivity index (χ0) is 12.3. The molecule has 88 valence electrons. The van der Waals surface area contributed by atoms with Gasteiger partial charge in [-0.2, -0.15) is 0 Å². The van der Waals surface area contributed by atoms with Crippen LogP contribution in [-0.4, -0.2) is 11.7 Å². The molecule has 1 aromatic heterocycles. The number of nitrogens with one attached hydrogen (secondary N) is 2. The van der Waals surface area contributed by atoms with Gasteiger partial charge in [0, 0.05) is 6.54 Å². The van der Waals surface area contributed by atoms with Crippen LogP contribution in [0.4, 0.5) is 5.69 Å². The topological polar surface area (TPSA) is 54.3 Å². The van der Waals surface area contributed by atoms with Crippen molar-refractivity contribution in [2.24, 2.45) is 0 Å². The van der Waals surface area contributed by atoms with E-state index in [0.29, 0.717) is 28.3 Å². The van der Waals surface area contributed by atoms with Crippen LogP contribution in [0.15, 0.2) is 39.7 Å². The molecule has 1 heterocycles. The van der Waals surface area contributed by atoms with Crippen molar-refractivity contribution in [1.29, 1.82) is 0 Å². The lowest BCUT2D eigenvalue weighted by Gasteiger charge is -2.07. The van der Waals surface area contributed by atoms with Crippen molar-refractivity contribution < 1.29 is 4.42 Å². The summed E-state index contributed by atoms with van der Waals surface area (Å²) >= 11 is 5.01. The van der Waals surface area contributed by atoms with E-state index in [0.717, 1.165) is 0 Å². The van der Waals surface area contributed by atoms with Gasteiger partial charge in [-0.05, 0) is 31.3 Å². The third-order valence-electron chi connectivity index (χ3n) is 2.27. The first-order chi connectivity index (χ1) is 8.22. The van der Waals surface area contributed by atoms with Crippen molar-refractivity contribution >= 4 is 34.0 Å². The second-order valence-corrected chi connectivity index (χ2v) is 3.87. The van der Waals surface area contributed by atoms with E-state index in [1.54, 1.807) is 18.2 Å². The first-order valence-corrected chi connectivity index (χ1v) is 5.68. The predicted molar refractivity (Wildman–Crippen MR) is 72.4 cm³/mol. The molecule has 0 saturated heterocycles. The molecule has 0 bridgehead atoms. The highest BCUT2D eigenvalue weighted by atomic mass is 32.1. The van der Waals surface area contributed by atoms with Gasteiger partial charge in [0.1, 0.15) is 17.5 Å². The van der Waals surface area contributed by atoms with Crippen molar-refractivity contribution in [1.82, 2.24) is 5.32 Å². The van der Waals surface area contributed by atoms with E-state index < -0.39 is 0 Å². The second kappa shape index (κ2) is 4.97. The number of hydrogen-bond donors (Lipinski definition) is 2. The summed E-state index contributed by atoms with van der Waals surface area (Å²) in [7, 11) is 0. The fourth-order valence-corrected chi connectivity index (χ4v) is 1.75. The fraction of sp³-hybridized carbons (Fsp3) is 0.167. The Bertz CT molecular complexity index is 607. The van der Waals surface area contributed by atoms with Crippen molar-refractivity contribution in [2.45, 2.75) is 6.92 Å². The number of rotatable bonds is 2. The zero-order valence-electron chi connectivity index (χ0n) is 9.32. The highest BCUT2D eigenvalue weighted by molar-refractivity contribution is 7.80. The molecule has 5 heteroatoms. The molecule has 0 spiro atoms. The third-order valence-corrected chi connectivity index (χ3v) is 2.51. The van der Waals surface area contributed by atoms with Crippen LogP contribution in [0, 0.1) is 0 Å². The molecule has 0 saturated carbocycles. The fourth-order valence-electron chi connectivity index (χ4n) is 1.49. The Balaban J connectivity index is 2.39. The number of anilines is 1. The van der Waals surface area contributed by atoms with Gasteiger partial charge in [0.15, 0.2) is 5.11 Å². The molecular formula is C12H12N2O2S. The van der Waals surface area contributed by atoms with Crippen molar-refractivity contribution in [3.63, 3.8) is 0 Å². The maximum atomic E-state index is 12.1. The minimum atomic E-state index is -0.118. The molecule has 0 unspecified atom stereocenters. The van der Waals surface area contributed by atoms with Gasteiger partial charge in [-0.15, -0.1) is 0 Å². The Morgan fingerprint density at radius 3 is 2.94 bits per heavy atom. The summed E-state index contributed by atoms with van der Waals surface area (Å²) in [6.45, 7) is 2.63. The molecule has 2 N–H and O–H groups in total. The number of fused-ring (bicyclic) bond motifs is 1. The summed E-state index contributed by atoms with van der Waals surface area (Å²) < 4.78 is 5.35. The van der Waals surface area contributed by atoms with Gasteiger partial charge in [-0.3, -0.25) is 4.79 Å². The van der Waals surface area contributed by atoms with Gasteiger partial charge in [0.25, 0.3) is 0 Å². The van der Waals surface area contributed by atoms with E-state index in [1.807, 2.05) is 13.0 Å². The summed E-state index contributed by atoms with van der Waals surface area (Å²) in [5.74, 6) is 0. The molecule has 1 aromatic carbocycles. The van der Waals surface area contributed by atoms with Gasteiger partial charge >= 0.3 is 0 Å². The van der Waals surface area contributed by atoms with E-state index in [4.69, 9.17) is 16.6 Å². The summed E-state index contributed by atoms with van der Waals surface area (Å²) in [4.78, 5) is 12.1. The minimum absolute atomic E-state index is 0.118. The molecule has 0 aliphatic carbocycles. The van der Waals surface area contributed by atoms with Crippen LogP contribution in [-0.2, 0) is 0 Å². The summed E-state index contributed by atoms with van der Waals surface area (Å²) in [5, 5.41) is 6.68. The molecule has 0 amide bonds. The van der Waals surface area contributed by atoms with Gasteiger partial charge in [0.05, 0.1) is 5.39 Å². The van der Waals surface area contributed by atoms with Crippen molar-refractivity contribution in [3.8, 4) is 0 Å². The van der Waals surface area contributed by atoms with Gasteiger partial charge in [0.2, 0.25) is 5.43 Å². The summed E-state index contributed by atoms with van der Waals surface area (Å²) in [6, 6.07) is 7.10. The lowest BCUT2D eigenvalue weighted by Crippen LogP contribution is -2.30. The molecule has 17 heavy (non-hydrogen) atoms. The third kappa shape index (κ3) is 2.45. The average Bonchev–Trinajstić information content (AvgIpc) is 2.33. The standard InChI is InChI=1S/C12H12N2O2S/c1-2-13-12(17)14-9-7-16-10-6-4-3-5-8(10)11(9)15/h3-7H,2H2,1H3,(H2,13,14,17). The summed E-state index contributed by atoms with van der Waals surface area (Å²) in [6.07, 6.45) is 1.38. The van der Waals surface area contributed by atoms with Crippen molar-refractivity contribution in [3.05, 3.63) is 40.8 Å². The minimum Gasteiger partial charge on any atom is -0.462 e. The molecule has 2 aromatic rings. The second-order valence-electron chi connectivity index (χ2n) is 3.46. The van der Waals surface area contributed by atoms with Crippen LogP contribution >= 0.6 is 12.2 Å². The van der Waals surface area contributed by atoms with Crippen LogP contribution in [0.5, 0.6) is 0 Å². The number of benzene rings is 1. The van der Waals surface area contributed by atoms with Crippen LogP contribution in [0.25, 0.3) is 11.0 Å². The smallest absolute Gasteiger partial charge is 0.216 e. The predicted octanol–water partition coefficient (Wildman–Crippen LogP) is 2.10. The lowest BCUT2D eigenvalue weighted by atomic mass is 10.2. The van der Waals surface area contributed by atoms with Gasteiger partial charge in [-0.25, -0.2) is 0 Å². The molecule has 0 aliphatic rings. The van der Waals surface area contributed by atoms with E-state index in [1.165, 1.54) is 6.26 Å². The van der Waals surface area contributed by atoms with E-state index in [2.05, 4.69) is 10.6 Å². The monoisotopic (exact) mass is 248 g/mol. The van der Waals surface area contributed by atoms with Crippen LogP contribution in [0.1, 0.15) is 6.92 Å². The quantitative estimate of drug-likeness (QED) is 0.797. The highest BCUT2D eigenvalue weighted by Crippen LogP contribution is 2.12.